The van der Waals surface area contributed by atoms with Crippen molar-refractivity contribution < 1.29 is 18.0 Å². The zero-order chi connectivity index (χ0) is 14.9. The minimum absolute atomic E-state index is 0.0127. The first-order chi connectivity index (χ1) is 9.29. The van der Waals surface area contributed by atoms with E-state index >= 15 is 0 Å². The van der Waals surface area contributed by atoms with Crippen molar-refractivity contribution in [3.63, 3.8) is 0 Å². The summed E-state index contributed by atoms with van der Waals surface area (Å²) >= 11 is 11.4. The van der Waals surface area contributed by atoms with Crippen LogP contribution in [0.25, 0.3) is 0 Å². The molecule has 4 nitrogen and oxygen atoms in total. The third-order valence-electron chi connectivity index (χ3n) is 2.81. The SMILES string of the molecule is O=C(c1cc(Cl)nnc1Cl)N1CC=C(C(F)(F)F)CC1. The van der Waals surface area contributed by atoms with Crippen molar-refractivity contribution in [3.05, 3.63) is 33.6 Å². The number of hydrogen-bond donors (Lipinski definition) is 0. The Morgan fingerprint density at radius 2 is 2.00 bits per heavy atom. The molecular weight excluding hydrogens is 318 g/mol. The van der Waals surface area contributed by atoms with Crippen LogP contribution in [0.5, 0.6) is 0 Å². The van der Waals surface area contributed by atoms with Gasteiger partial charge in [-0.15, -0.1) is 10.2 Å². The molecule has 0 radical (unpaired) electrons. The molecule has 0 aliphatic carbocycles. The highest BCUT2D eigenvalue weighted by Crippen LogP contribution is 2.30. The summed E-state index contributed by atoms with van der Waals surface area (Å²) in [6, 6.07) is 1.24. The molecule has 2 heterocycles. The summed E-state index contributed by atoms with van der Waals surface area (Å²) in [7, 11) is 0. The molecule has 1 aliphatic rings. The van der Waals surface area contributed by atoms with E-state index in [2.05, 4.69) is 10.2 Å². The summed E-state index contributed by atoms with van der Waals surface area (Å²) in [5.74, 6) is -0.524. The van der Waals surface area contributed by atoms with Gasteiger partial charge < -0.3 is 4.90 Å². The van der Waals surface area contributed by atoms with Gasteiger partial charge in [-0.2, -0.15) is 13.2 Å². The maximum Gasteiger partial charge on any atom is 0.412 e. The van der Waals surface area contributed by atoms with E-state index in [4.69, 9.17) is 23.2 Å². The molecular formula is C11H8Cl2F3N3O. The average molecular weight is 326 g/mol. The summed E-state index contributed by atoms with van der Waals surface area (Å²) in [5, 5.41) is 6.81. The van der Waals surface area contributed by atoms with Crippen LogP contribution >= 0.6 is 23.2 Å². The molecule has 1 aromatic heterocycles. The van der Waals surface area contributed by atoms with Crippen LogP contribution in [0.3, 0.4) is 0 Å². The first-order valence-corrected chi connectivity index (χ1v) is 6.29. The minimum Gasteiger partial charge on any atom is -0.334 e. The third kappa shape index (κ3) is 3.21. The predicted molar refractivity (Wildman–Crippen MR) is 66.7 cm³/mol. The van der Waals surface area contributed by atoms with Crippen LogP contribution in [0, 0.1) is 0 Å². The van der Waals surface area contributed by atoms with Crippen LogP contribution in [-0.4, -0.2) is 40.3 Å². The highest BCUT2D eigenvalue weighted by atomic mass is 35.5. The number of aromatic nitrogens is 2. The zero-order valence-corrected chi connectivity index (χ0v) is 11.4. The van der Waals surface area contributed by atoms with Gasteiger partial charge in [0.25, 0.3) is 5.91 Å². The van der Waals surface area contributed by atoms with E-state index in [1.807, 2.05) is 0 Å². The Bertz CT molecular complexity index is 575. The quantitative estimate of drug-likeness (QED) is 0.745. The van der Waals surface area contributed by atoms with Crippen molar-refractivity contribution in [2.45, 2.75) is 12.6 Å². The Morgan fingerprint density at radius 3 is 2.55 bits per heavy atom. The second-order valence-corrected chi connectivity index (χ2v) is 4.85. The normalized spacial score (nSPS) is 16.1. The second-order valence-electron chi connectivity index (χ2n) is 4.10. The van der Waals surface area contributed by atoms with Crippen molar-refractivity contribution in [1.82, 2.24) is 15.1 Å². The fourth-order valence-corrected chi connectivity index (χ4v) is 2.10. The molecule has 0 fully saturated rings. The number of amides is 1. The molecule has 0 saturated carbocycles. The van der Waals surface area contributed by atoms with Crippen molar-refractivity contribution in [2.24, 2.45) is 0 Å². The number of alkyl halides is 3. The lowest BCUT2D eigenvalue weighted by atomic mass is 10.1. The van der Waals surface area contributed by atoms with Gasteiger partial charge in [-0.3, -0.25) is 4.79 Å². The summed E-state index contributed by atoms with van der Waals surface area (Å²) in [4.78, 5) is 13.4. The van der Waals surface area contributed by atoms with E-state index in [0.717, 1.165) is 6.08 Å². The van der Waals surface area contributed by atoms with E-state index in [1.54, 1.807) is 0 Å². The Kier molecular flexibility index (Phi) is 4.19. The molecule has 108 valence electrons. The molecule has 0 saturated heterocycles. The fourth-order valence-electron chi connectivity index (χ4n) is 1.78. The predicted octanol–water partition coefficient (Wildman–Crippen LogP) is 3.12. The van der Waals surface area contributed by atoms with Gasteiger partial charge >= 0.3 is 6.18 Å². The lowest BCUT2D eigenvalue weighted by Gasteiger charge is -2.27. The molecule has 9 heteroatoms. The van der Waals surface area contributed by atoms with Crippen molar-refractivity contribution in [2.75, 3.05) is 13.1 Å². The van der Waals surface area contributed by atoms with Crippen LogP contribution < -0.4 is 0 Å². The maximum atomic E-state index is 12.5. The number of halogens is 5. The standard InChI is InChI=1S/C11H8Cl2F3N3O/c12-8-5-7(9(13)18-17-8)10(20)19-3-1-6(2-4-19)11(14,15)16/h1,5H,2-4H2. The van der Waals surface area contributed by atoms with Gasteiger partial charge in [0.2, 0.25) is 0 Å². The Labute approximate surface area is 122 Å². The molecule has 1 aliphatic heterocycles. The zero-order valence-electron chi connectivity index (χ0n) is 9.92. The van der Waals surface area contributed by atoms with Crippen LogP contribution in [0.15, 0.2) is 17.7 Å². The Hall–Kier alpha value is -1.34. The van der Waals surface area contributed by atoms with Crippen LogP contribution in [-0.2, 0) is 0 Å². The van der Waals surface area contributed by atoms with E-state index in [9.17, 15) is 18.0 Å². The van der Waals surface area contributed by atoms with Gasteiger partial charge in [0.15, 0.2) is 10.3 Å². The van der Waals surface area contributed by atoms with Gasteiger partial charge in [0.05, 0.1) is 5.56 Å². The summed E-state index contributed by atoms with van der Waals surface area (Å²) in [5.41, 5.74) is -0.603. The molecule has 0 N–H and O–H groups in total. The number of nitrogens with zero attached hydrogens (tertiary/aromatic N) is 3. The number of rotatable bonds is 1. The molecule has 0 unspecified atom stereocenters. The molecule has 0 aromatic carbocycles. The first kappa shape index (κ1) is 15.1. The summed E-state index contributed by atoms with van der Waals surface area (Å²) in [6.07, 6.45) is -3.61. The highest BCUT2D eigenvalue weighted by molar-refractivity contribution is 6.34. The Morgan fingerprint density at radius 1 is 1.30 bits per heavy atom. The van der Waals surface area contributed by atoms with Crippen LogP contribution in [0.2, 0.25) is 10.3 Å². The first-order valence-electron chi connectivity index (χ1n) is 5.53. The highest BCUT2D eigenvalue weighted by Gasteiger charge is 2.35. The van der Waals surface area contributed by atoms with Gasteiger partial charge in [0.1, 0.15) is 0 Å². The molecule has 0 bridgehead atoms. The lowest BCUT2D eigenvalue weighted by molar-refractivity contribution is -0.0957. The van der Waals surface area contributed by atoms with Crippen LogP contribution in [0.4, 0.5) is 13.2 Å². The van der Waals surface area contributed by atoms with Crippen molar-refractivity contribution in [1.29, 1.82) is 0 Å². The molecule has 1 amide bonds. The van der Waals surface area contributed by atoms with Gasteiger partial charge in [-0.25, -0.2) is 0 Å². The largest absolute Gasteiger partial charge is 0.412 e. The van der Waals surface area contributed by atoms with Gasteiger partial charge in [0, 0.05) is 18.7 Å². The maximum absolute atomic E-state index is 12.5. The fraction of sp³-hybridized carbons (Fsp3) is 0.364. The van der Waals surface area contributed by atoms with Crippen LogP contribution in [0.1, 0.15) is 16.8 Å². The van der Waals surface area contributed by atoms with E-state index < -0.39 is 17.7 Å². The average Bonchev–Trinajstić information content (AvgIpc) is 2.40. The van der Waals surface area contributed by atoms with E-state index in [1.165, 1.54) is 11.0 Å². The second kappa shape index (κ2) is 5.57. The van der Waals surface area contributed by atoms with E-state index in [-0.39, 0.29) is 35.4 Å². The summed E-state index contributed by atoms with van der Waals surface area (Å²) in [6.45, 7) is -0.176. The molecule has 0 spiro atoms. The Balaban J connectivity index is 2.17. The topological polar surface area (TPSA) is 46.1 Å². The molecule has 1 aromatic rings. The smallest absolute Gasteiger partial charge is 0.334 e. The van der Waals surface area contributed by atoms with Crippen molar-refractivity contribution >= 4 is 29.1 Å². The summed E-state index contributed by atoms with van der Waals surface area (Å²) < 4.78 is 37.4. The number of carbonyl (C=O) groups excluding carboxylic acids is 1. The van der Waals surface area contributed by atoms with Gasteiger partial charge in [-0.1, -0.05) is 29.3 Å². The van der Waals surface area contributed by atoms with E-state index in [0.29, 0.717) is 0 Å². The molecule has 2 rings (SSSR count). The number of hydrogen-bond acceptors (Lipinski definition) is 3. The lowest BCUT2D eigenvalue weighted by Crippen LogP contribution is -2.37. The van der Waals surface area contributed by atoms with Gasteiger partial charge in [-0.05, 0) is 12.5 Å². The third-order valence-corrected chi connectivity index (χ3v) is 3.27. The molecule has 0 atom stereocenters. The number of carbonyl (C=O) groups is 1. The van der Waals surface area contributed by atoms with Crippen molar-refractivity contribution in [3.8, 4) is 0 Å². The monoisotopic (exact) mass is 325 g/mol. The minimum atomic E-state index is -4.35. The molecule has 20 heavy (non-hydrogen) atoms.